The quantitative estimate of drug-likeness (QED) is 0.908. The number of carbonyl (C=O) groups excluding carboxylic acids is 1. The van der Waals surface area contributed by atoms with Gasteiger partial charge in [0.1, 0.15) is 12.0 Å². The van der Waals surface area contributed by atoms with Crippen molar-refractivity contribution in [1.82, 2.24) is 10.2 Å². The first kappa shape index (κ1) is 14.5. The summed E-state index contributed by atoms with van der Waals surface area (Å²) in [7, 11) is 0. The number of carbonyl (C=O) groups is 1. The van der Waals surface area contributed by atoms with Gasteiger partial charge in [0, 0.05) is 11.6 Å². The zero-order chi connectivity index (χ0) is 15.0. The van der Waals surface area contributed by atoms with Crippen molar-refractivity contribution in [2.45, 2.75) is 45.3 Å². The summed E-state index contributed by atoms with van der Waals surface area (Å²) in [6.07, 6.45) is 2.93. The van der Waals surface area contributed by atoms with Gasteiger partial charge in [0.25, 0.3) is 0 Å². The molecule has 3 nitrogen and oxygen atoms in total. The summed E-state index contributed by atoms with van der Waals surface area (Å²) in [6.45, 7) is 4.79. The molecule has 0 aromatic heterocycles. The lowest BCUT2D eigenvalue weighted by Crippen LogP contribution is -2.43. The molecule has 1 aromatic rings. The SMILES string of the molecule is CC1CC(C)CC(N2C(=O)CNC2c2ccccc2F)C1. The van der Waals surface area contributed by atoms with Crippen molar-refractivity contribution in [2.24, 2.45) is 11.8 Å². The van der Waals surface area contributed by atoms with E-state index >= 15 is 0 Å². The molecule has 1 N–H and O–H groups in total. The average Bonchev–Trinajstić information content (AvgIpc) is 2.80. The Labute approximate surface area is 125 Å². The van der Waals surface area contributed by atoms with E-state index in [9.17, 15) is 9.18 Å². The molecule has 0 radical (unpaired) electrons. The van der Waals surface area contributed by atoms with Crippen LogP contribution in [-0.2, 0) is 4.79 Å². The largest absolute Gasteiger partial charge is 0.319 e. The van der Waals surface area contributed by atoms with Gasteiger partial charge in [-0.15, -0.1) is 0 Å². The highest BCUT2D eigenvalue weighted by molar-refractivity contribution is 5.81. The Morgan fingerprint density at radius 3 is 2.48 bits per heavy atom. The van der Waals surface area contributed by atoms with Crippen LogP contribution in [0.4, 0.5) is 4.39 Å². The van der Waals surface area contributed by atoms with E-state index in [-0.39, 0.29) is 23.9 Å². The first-order chi connectivity index (χ1) is 10.1. The van der Waals surface area contributed by atoms with Crippen LogP contribution in [0.3, 0.4) is 0 Å². The van der Waals surface area contributed by atoms with Crippen LogP contribution in [0.1, 0.15) is 44.8 Å². The predicted molar refractivity (Wildman–Crippen MR) is 80.0 cm³/mol. The molecule has 1 saturated carbocycles. The molecule has 0 bridgehead atoms. The Bertz CT molecular complexity index is 523. The van der Waals surface area contributed by atoms with E-state index in [1.54, 1.807) is 12.1 Å². The number of nitrogens with one attached hydrogen (secondary N) is 1. The van der Waals surface area contributed by atoms with Crippen LogP contribution in [-0.4, -0.2) is 23.4 Å². The smallest absolute Gasteiger partial charge is 0.238 e. The lowest BCUT2D eigenvalue weighted by atomic mass is 9.79. The van der Waals surface area contributed by atoms with Gasteiger partial charge < -0.3 is 4.90 Å². The van der Waals surface area contributed by atoms with Crippen molar-refractivity contribution in [3.63, 3.8) is 0 Å². The number of halogens is 1. The molecule has 2 aliphatic rings. The van der Waals surface area contributed by atoms with Gasteiger partial charge in [-0.2, -0.15) is 0 Å². The minimum atomic E-state index is -0.318. The average molecular weight is 290 g/mol. The second kappa shape index (κ2) is 5.76. The minimum absolute atomic E-state index is 0.0922. The van der Waals surface area contributed by atoms with Crippen molar-refractivity contribution in [3.05, 3.63) is 35.6 Å². The lowest BCUT2D eigenvalue weighted by molar-refractivity contribution is -0.131. The van der Waals surface area contributed by atoms with Gasteiger partial charge in [-0.1, -0.05) is 32.0 Å². The fourth-order valence-corrected chi connectivity index (χ4v) is 4.02. The number of hydrogen-bond acceptors (Lipinski definition) is 2. The summed E-state index contributed by atoms with van der Waals surface area (Å²) < 4.78 is 14.1. The summed E-state index contributed by atoms with van der Waals surface area (Å²) in [6, 6.07) is 6.96. The van der Waals surface area contributed by atoms with Crippen molar-refractivity contribution in [1.29, 1.82) is 0 Å². The minimum Gasteiger partial charge on any atom is -0.319 e. The second-order valence-electron chi connectivity index (χ2n) is 6.68. The zero-order valence-electron chi connectivity index (χ0n) is 12.7. The van der Waals surface area contributed by atoms with Crippen molar-refractivity contribution in [3.8, 4) is 0 Å². The Balaban J connectivity index is 1.88. The maximum atomic E-state index is 14.1. The van der Waals surface area contributed by atoms with E-state index in [1.165, 1.54) is 12.5 Å². The van der Waals surface area contributed by atoms with Gasteiger partial charge in [-0.05, 0) is 37.2 Å². The summed E-state index contributed by atoms with van der Waals surface area (Å²) in [4.78, 5) is 14.2. The fourth-order valence-electron chi connectivity index (χ4n) is 4.02. The second-order valence-corrected chi connectivity index (χ2v) is 6.68. The summed E-state index contributed by atoms with van der Waals surface area (Å²) >= 11 is 0. The Hall–Kier alpha value is -1.42. The lowest BCUT2D eigenvalue weighted by Gasteiger charge is -2.40. The van der Waals surface area contributed by atoms with Crippen LogP contribution >= 0.6 is 0 Å². The van der Waals surface area contributed by atoms with Gasteiger partial charge in [-0.3, -0.25) is 10.1 Å². The van der Waals surface area contributed by atoms with Gasteiger partial charge in [0.2, 0.25) is 5.91 Å². The molecule has 3 atom stereocenters. The first-order valence-corrected chi connectivity index (χ1v) is 7.85. The van der Waals surface area contributed by atoms with Crippen LogP contribution in [0.15, 0.2) is 24.3 Å². The summed E-state index contributed by atoms with van der Waals surface area (Å²) in [5.74, 6) is 1.09. The third-order valence-electron chi connectivity index (χ3n) is 4.76. The molecule has 1 heterocycles. The highest BCUT2D eigenvalue weighted by Crippen LogP contribution is 2.36. The van der Waals surface area contributed by atoms with Gasteiger partial charge in [0.05, 0.1) is 6.54 Å². The molecule has 1 saturated heterocycles. The van der Waals surface area contributed by atoms with Crippen LogP contribution in [0, 0.1) is 17.7 Å². The van der Waals surface area contributed by atoms with Crippen molar-refractivity contribution in [2.75, 3.05) is 6.54 Å². The molecule has 114 valence electrons. The zero-order valence-corrected chi connectivity index (χ0v) is 12.7. The molecule has 1 amide bonds. The highest BCUT2D eigenvalue weighted by atomic mass is 19.1. The maximum Gasteiger partial charge on any atom is 0.238 e. The van der Waals surface area contributed by atoms with E-state index in [0.717, 1.165) is 12.8 Å². The normalized spacial score (nSPS) is 33.5. The molecule has 2 fully saturated rings. The third kappa shape index (κ3) is 2.82. The molecular formula is C17H23FN2O. The van der Waals surface area contributed by atoms with Gasteiger partial charge >= 0.3 is 0 Å². The summed E-state index contributed by atoms with van der Waals surface area (Å²) in [5, 5.41) is 3.18. The maximum absolute atomic E-state index is 14.1. The van der Waals surface area contributed by atoms with E-state index in [2.05, 4.69) is 19.2 Å². The van der Waals surface area contributed by atoms with E-state index in [0.29, 0.717) is 23.9 Å². The third-order valence-corrected chi connectivity index (χ3v) is 4.76. The fraction of sp³-hybridized carbons (Fsp3) is 0.588. The molecule has 0 spiro atoms. The molecule has 3 rings (SSSR count). The molecule has 21 heavy (non-hydrogen) atoms. The first-order valence-electron chi connectivity index (χ1n) is 7.85. The Kier molecular flexibility index (Phi) is 3.98. The standard InChI is InChI=1S/C17H23FN2O/c1-11-7-12(2)9-13(8-11)20-16(21)10-19-17(20)14-5-3-4-6-15(14)18/h3-6,11-13,17,19H,7-10H2,1-2H3. The topological polar surface area (TPSA) is 32.3 Å². The highest BCUT2D eigenvalue weighted by Gasteiger charge is 2.40. The monoisotopic (exact) mass is 290 g/mol. The van der Waals surface area contributed by atoms with Crippen LogP contribution in [0.25, 0.3) is 0 Å². The van der Waals surface area contributed by atoms with Crippen LogP contribution in [0.5, 0.6) is 0 Å². The summed E-state index contributed by atoms with van der Waals surface area (Å²) in [5.41, 5.74) is 0.578. The van der Waals surface area contributed by atoms with E-state index in [1.807, 2.05) is 11.0 Å². The van der Waals surface area contributed by atoms with Gasteiger partial charge in [0.15, 0.2) is 0 Å². The number of hydrogen-bond donors (Lipinski definition) is 1. The Morgan fingerprint density at radius 1 is 1.14 bits per heavy atom. The molecule has 1 aliphatic heterocycles. The molecule has 3 unspecified atom stereocenters. The predicted octanol–water partition coefficient (Wildman–Crippen LogP) is 3.08. The van der Waals surface area contributed by atoms with E-state index in [4.69, 9.17) is 0 Å². The number of benzene rings is 1. The Morgan fingerprint density at radius 2 is 1.81 bits per heavy atom. The molecule has 4 heteroatoms. The van der Waals surface area contributed by atoms with Gasteiger partial charge in [-0.25, -0.2) is 4.39 Å². The van der Waals surface area contributed by atoms with Crippen LogP contribution in [0.2, 0.25) is 0 Å². The molecule has 1 aliphatic carbocycles. The number of amides is 1. The number of rotatable bonds is 2. The van der Waals surface area contributed by atoms with Crippen molar-refractivity contribution < 1.29 is 9.18 Å². The molecule has 1 aromatic carbocycles. The van der Waals surface area contributed by atoms with Crippen LogP contribution < -0.4 is 5.32 Å². The van der Waals surface area contributed by atoms with E-state index < -0.39 is 0 Å². The van der Waals surface area contributed by atoms with Crippen molar-refractivity contribution >= 4 is 5.91 Å². The molecular weight excluding hydrogens is 267 g/mol. The number of nitrogens with zero attached hydrogens (tertiary/aromatic N) is 1.